The van der Waals surface area contributed by atoms with Gasteiger partial charge < -0.3 is 4.90 Å². The van der Waals surface area contributed by atoms with Crippen molar-refractivity contribution in [3.8, 4) is 0 Å². The molecule has 0 unspecified atom stereocenters. The van der Waals surface area contributed by atoms with Crippen LogP contribution in [0.25, 0.3) is 0 Å². The summed E-state index contributed by atoms with van der Waals surface area (Å²) in [5, 5.41) is 0. The molecule has 0 saturated heterocycles. The van der Waals surface area contributed by atoms with Crippen LogP contribution in [0.2, 0.25) is 4.34 Å². The molecule has 5 heteroatoms. The molecule has 0 atom stereocenters. The van der Waals surface area contributed by atoms with Crippen molar-refractivity contribution < 1.29 is 4.79 Å². The van der Waals surface area contributed by atoms with Crippen LogP contribution in [0.5, 0.6) is 0 Å². The predicted octanol–water partition coefficient (Wildman–Crippen LogP) is 4.28. The fourth-order valence-corrected chi connectivity index (χ4v) is 3.06. The van der Waals surface area contributed by atoms with Crippen LogP contribution in [0.4, 0.5) is 0 Å². The number of amides is 1. The summed E-state index contributed by atoms with van der Waals surface area (Å²) in [7, 11) is 1.80. The van der Waals surface area contributed by atoms with E-state index in [2.05, 4.69) is 22.6 Å². The molecule has 2 rings (SSSR count). The normalized spacial score (nSPS) is 10.4. The standard InChI is InChI=1S/C13H11ClINOS/c1-16(8-11-6-7-12(14)18-11)13(17)9-2-4-10(15)5-3-9/h2-7H,8H2,1H3. The van der Waals surface area contributed by atoms with Gasteiger partial charge in [0.2, 0.25) is 0 Å². The van der Waals surface area contributed by atoms with Gasteiger partial charge in [0.15, 0.2) is 0 Å². The van der Waals surface area contributed by atoms with Gasteiger partial charge in [-0.2, -0.15) is 0 Å². The Balaban J connectivity index is 2.07. The van der Waals surface area contributed by atoms with E-state index in [1.165, 1.54) is 11.3 Å². The number of rotatable bonds is 3. The third-order valence-corrected chi connectivity index (χ3v) is 4.39. The molecule has 2 nitrogen and oxygen atoms in total. The number of thiophene rings is 1. The molecule has 2 aromatic rings. The van der Waals surface area contributed by atoms with Crippen LogP contribution in [-0.2, 0) is 6.54 Å². The third kappa shape index (κ3) is 3.46. The van der Waals surface area contributed by atoms with Gasteiger partial charge in [-0.25, -0.2) is 0 Å². The Kier molecular flexibility index (Phi) is 4.64. The Hall–Kier alpha value is -0.590. The van der Waals surface area contributed by atoms with Crippen molar-refractivity contribution in [1.29, 1.82) is 0 Å². The highest BCUT2D eigenvalue weighted by Gasteiger charge is 2.12. The highest BCUT2D eigenvalue weighted by atomic mass is 127. The third-order valence-electron chi connectivity index (χ3n) is 2.46. The molecule has 1 heterocycles. The lowest BCUT2D eigenvalue weighted by Crippen LogP contribution is -2.25. The maximum atomic E-state index is 12.2. The fourth-order valence-electron chi connectivity index (χ4n) is 1.56. The monoisotopic (exact) mass is 391 g/mol. The molecule has 0 bridgehead atoms. The topological polar surface area (TPSA) is 20.3 Å². The first-order valence-electron chi connectivity index (χ1n) is 5.31. The van der Waals surface area contributed by atoms with Crippen LogP contribution < -0.4 is 0 Å². The van der Waals surface area contributed by atoms with Gasteiger partial charge in [-0.1, -0.05) is 11.6 Å². The second kappa shape index (κ2) is 6.04. The van der Waals surface area contributed by atoms with E-state index < -0.39 is 0 Å². The van der Waals surface area contributed by atoms with Crippen molar-refractivity contribution in [2.45, 2.75) is 6.54 Å². The number of carbonyl (C=O) groups excluding carboxylic acids is 1. The Morgan fingerprint density at radius 1 is 1.28 bits per heavy atom. The van der Waals surface area contributed by atoms with Gasteiger partial charge in [0.05, 0.1) is 10.9 Å². The molecule has 0 aliphatic rings. The average molecular weight is 392 g/mol. The van der Waals surface area contributed by atoms with Gasteiger partial charge in [-0.05, 0) is 59.0 Å². The number of halogens is 2. The predicted molar refractivity (Wildman–Crippen MR) is 84.3 cm³/mol. The molecule has 0 aliphatic heterocycles. The van der Waals surface area contributed by atoms with Crippen LogP contribution in [0.15, 0.2) is 36.4 Å². The Labute approximate surface area is 129 Å². The number of carbonyl (C=O) groups is 1. The van der Waals surface area contributed by atoms with Crippen molar-refractivity contribution in [1.82, 2.24) is 4.90 Å². The minimum absolute atomic E-state index is 0.0240. The molecule has 0 aliphatic carbocycles. The van der Waals surface area contributed by atoms with E-state index in [9.17, 15) is 4.79 Å². The molecule has 1 aromatic heterocycles. The quantitative estimate of drug-likeness (QED) is 0.715. The first-order chi connectivity index (χ1) is 8.56. The number of hydrogen-bond donors (Lipinski definition) is 0. The van der Waals surface area contributed by atoms with Gasteiger partial charge in [0.25, 0.3) is 5.91 Å². The van der Waals surface area contributed by atoms with E-state index in [0.29, 0.717) is 12.1 Å². The Bertz CT molecular complexity index is 552. The first-order valence-corrected chi connectivity index (χ1v) is 7.59. The molecular weight excluding hydrogens is 381 g/mol. The minimum atomic E-state index is 0.0240. The van der Waals surface area contributed by atoms with Crippen molar-refractivity contribution in [3.63, 3.8) is 0 Å². The molecule has 0 radical (unpaired) electrons. The maximum absolute atomic E-state index is 12.2. The summed E-state index contributed by atoms with van der Waals surface area (Å²) in [5.41, 5.74) is 0.709. The smallest absolute Gasteiger partial charge is 0.253 e. The molecule has 0 saturated carbocycles. The molecule has 18 heavy (non-hydrogen) atoms. The van der Waals surface area contributed by atoms with Crippen LogP contribution in [0.3, 0.4) is 0 Å². The number of benzene rings is 1. The van der Waals surface area contributed by atoms with Crippen LogP contribution >= 0.6 is 45.5 Å². The molecule has 0 N–H and O–H groups in total. The van der Waals surface area contributed by atoms with Gasteiger partial charge in [-0.15, -0.1) is 11.3 Å². The van der Waals surface area contributed by atoms with E-state index in [-0.39, 0.29) is 5.91 Å². The summed E-state index contributed by atoms with van der Waals surface area (Å²) < 4.78 is 1.87. The first kappa shape index (κ1) is 13.8. The van der Waals surface area contributed by atoms with Gasteiger partial charge in [-0.3, -0.25) is 4.79 Å². The molecule has 0 spiro atoms. The van der Waals surface area contributed by atoms with Crippen molar-refractivity contribution in [2.75, 3.05) is 7.05 Å². The SMILES string of the molecule is CN(Cc1ccc(Cl)s1)C(=O)c1ccc(I)cc1. The lowest BCUT2D eigenvalue weighted by atomic mass is 10.2. The largest absolute Gasteiger partial charge is 0.337 e. The lowest BCUT2D eigenvalue weighted by molar-refractivity contribution is 0.0786. The van der Waals surface area contributed by atoms with E-state index in [1.807, 2.05) is 36.4 Å². The summed E-state index contributed by atoms with van der Waals surface area (Å²) in [6.07, 6.45) is 0. The summed E-state index contributed by atoms with van der Waals surface area (Å²) in [5.74, 6) is 0.0240. The van der Waals surface area contributed by atoms with Crippen LogP contribution in [0, 0.1) is 3.57 Å². The highest BCUT2D eigenvalue weighted by Crippen LogP contribution is 2.22. The molecule has 0 fully saturated rings. The second-order valence-corrected chi connectivity index (χ2v) is 6.92. The molecular formula is C13H11ClINOS. The zero-order valence-corrected chi connectivity index (χ0v) is 13.4. The van der Waals surface area contributed by atoms with Crippen molar-refractivity contribution >= 4 is 51.4 Å². The molecule has 94 valence electrons. The maximum Gasteiger partial charge on any atom is 0.253 e. The van der Waals surface area contributed by atoms with Gasteiger partial charge in [0, 0.05) is 21.1 Å². The number of hydrogen-bond acceptors (Lipinski definition) is 2. The van der Waals surface area contributed by atoms with E-state index in [0.717, 1.165) is 12.8 Å². The fraction of sp³-hybridized carbons (Fsp3) is 0.154. The minimum Gasteiger partial charge on any atom is -0.337 e. The Morgan fingerprint density at radius 2 is 1.94 bits per heavy atom. The average Bonchev–Trinajstić information content (AvgIpc) is 2.75. The summed E-state index contributed by atoms with van der Waals surface area (Å²) >= 11 is 9.59. The zero-order valence-electron chi connectivity index (χ0n) is 9.69. The van der Waals surface area contributed by atoms with Crippen LogP contribution in [0.1, 0.15) is 15.2 Å². The van der Waals surface area contributed by atoms with Crippen molar-refractivity contribution in [3.05, 3.63) is 54.7 Å². The lowest BCUT2D eigenvalue weighted by Gasteiger charge is -2.16. The second-order valence-electron chi connectivity index (χ2n) is 3.87. The van der Waals surface area contributed by atoms with Gasteiger partial charge in [0.1, 0.15) is 0 Å². The molecule has 1 aromatic carbocycles. The van der Waals surface area contributed by atoms with Crippen LogP contribution in [-0.4, -0.2) is 17.9 Å². The number of nitrogens with zero attached hydrogens (tertiary/aromatic N) is 1. The molecule has 1 amide bonds. The summed E-state index contributed by atoms with van der Waals surface area (Å²) in [6.45, 7) is 0.586. The van der Waals surface area contributed by atoms with Gasteiger partial charge >= 0.3 is 0 Å². The van der Waals surface area contributed by atoms with E-state index in [1.54, 1.807) is 11.9 Å². The van der Waals surface area contributed by atoms with E-state index >= 15 is 0 Å². The Morgan fingerprint density at radius 3 is 2.50 bits per heavy atom. The zero-order chi connectivity index (χ0) is 13.1. The summed E-state index contributed by atoms with van der Waals surface area (Å²) in [6, 6.07) is 11.4. The highest BCUT2D eigenvalue weighted by molar-refractivity contribution is 14.1. The van der Waals surface area contributed by atoms with Crippen molar-refractivity contribution in [2.24, 2.45) is 0 Å². The summed E-state index contributed by atoms with van der Waals surface area (Å²) in [4.78, 5) is 14.9. The van der Waals surface area contributed by atoms with E-state index in [4.69, 9.17) is 11.6 Å².